The predicted octanol–water partition coefficient (Wildman–Crippen LogP) is 8.63. The van der Waals surface area contributed by atoms with Gasteiger partial charge < -0.3 is 24.7 Å². The van der Waals surface area contributed by atoms with E-state index in [1.54, 1.807) is 42.9 Å². The van der Waals surface area contributed by atoms with Gasteiger partial charge in [0.25, 0.3) is 21.6 Å². The van der Waals surface area contributed by atoms with Gasteiger partial charge in [0.2, 0.25) is 0 Å². The number of H-pyrrole nitrogens is 1. The molecule has 3 aromatic heterocycles. The van der Waals surface area contributed by atoms with Crippen LogP contribution in [-0.2, 0) is 16.4 Å². The van der Waals surface area contributed by atoms with Gasteiger partial charge in [-0.25, -0.2) is 18.1 Å². The van der Waals surface area contributed by atoms with Gasteiger partial charge >= 0.3 is 0 Å². The minimum atomic E-state index is -4.67. The number of amides is 1. The molecule has 0 radical (unpaired) electrons. The first-order valence-electron chi connectivity index (χ1n) is 21.1. The minimum absolute atomic E-state index is 0.0213. The summed E-state index contributed by atoms with van der Waals surface area (Å²) in [5.41, 5.74) is 6.12. The molecule has 0 unspecified atom stereocenters. The Bertz CT molecular complexity index is 2880. The number of carbonyl (C=O) groups is 1. The number of ether oxygens (including phenoxy) is 2. The fraction of sp³-hybridized carbons (Fsp3) is 0.298. The summed E-state index contributed by atoms with van der Waals surface area (Å²) in [4.78, 5) is 41.4. The maximum atomic E-state index is 14.0. The number of nitrogens with zero attached hydrogens (tertiary/aromatic N) is 5. The average Bonchev–Trinajstić information content (AvgIpc) is 3.75. The number of nitro groups is 1. The fourth-order valence-corrected chi connectivity index (χ4v) is 9.83. The molecule has 0 bridgehead atoms. The highest BCUT2D eigenvalue weighted by Gasteiger charge is 2.33. The van der Waals surface area contributed by atoms with Gasteiger partial charge in [-0.2, -0.15) is 0 Å². The molecule has 15 nitrogen and oxygen atoms in total. The van der Waals surface area contributed by atoms with Crippen molar-refractivity contribution < 1.29 is 27.6 Å². The van der Waals surface area contributed by atoms with E-state index in [0.717, 1.165) is 66.6 Å². The first-order chi connectivity index (χ1) is 30.8. The predicted molar refractivity (Wildman–Crippen MR) is 246 cm³/mol. The molecule has 9 rings (SSSR count). The summed E-state index contributed by atoms with van der Waals surface area (Å²) in [7, 11) is -4.67. The molecule has 64 heavy (non-hydrogen) atoms. The summed E-state index contributed by atoms with van der Waals surface area (Å²) in [5, 5.41) is 16.9. The van der Waals surface area contributed by atoms with Gasteiger partial charge in [-0.1, -0.05) is 49.2 Å². The van der Waals surface area contributed by atoms with Crippen molar-refractivity contribution in [3.05, 3.63) is 141 Å². The topological polar surface area (TPSA) is 185 Å². The highest BCUT2D eigenvalue weighted by molar-refractivity contribution is 7.90. The number of rotatable bonds is 12. The number of aromatic nitrogens is 3. The van der Waals surface area contributed by atoms with Crippen molar-refractivity contribution in [3.63, 3.8) is 0 Å². The molecule has 0 spiro atoms. The van der Waals surface area contributed by atoms with Crippen LogP contribution in [0.2, 0.25) is 5.02 Å². The molecule has 3 aliphatic rings. The molecule has 1 saturated heterocycles. The third-order valence-corrected chi connectivity index (χ3v) is 13.7. The zero-order chi connectivity index (χ0) is 44.6. The molecule has 1 amide bonds. The van der Waals surface area contributed by atoms with E-state index in [1.807, 2.05) is 24.3 Å². The second-order valence-corrected chi connectivity index (χ2v) is 19.4. The van der Waals surface area contributed by atoms with E-state index < -0.39 is 31.4 Å². The summed E-state index contributed by atoms with van der Waals surface area (Å²) >= 11 is 6.25. The second-order valence-electron chi connectivity index (χ2n) is 17.3. The summed E-state index contributed by atoms with van der Waals surface area (Å²) < 4.78 is 42.1. The number of benzene rings is 3. The maximum Gasteiger partial charge on any atom is 0.297 e. The molecule has 330 valence electrons. The zero-order valence-corrected chi connectivity index (χ0v) is 36.9. The van der Waals surface area contributed by atoms with Gasteiger partial charge in [0.15, 0.2) is 11.4 Å². The second kappa shape index (κ2) is 17.6. The number of hydrogen-bond acceptors (Lipinski definition) is 12. The first-order valence-corrected chi connectivity index (χ1v) is 23.0. The highest BCUT2D eigenvalue weighted by Crippen LogP contribution is 2.44. The van der Waals surface area contributed by atoms with E-state index in [-0.39, 0.29) is 40.8 Å². The highest BCUT2D eigenvalue weighted by atomic mass is 35.5. The van der Waals surface area contributed by atoms with Crippen LogP contribution in [0, 0.1) is 15.5 Å². The number of anilines is 2. The number of pyridine rings is 2. The van der Waals surface area contributed by atoms with E-state index in [9.17, 15) is 23.3 Å². The van der Waals surface area contributed by atoms with Crippen LogP contribution in [0.15, 0.2) is 114 Å². The number of nitrogens with one attached hydrogen (secondary N) is 3. The molecule has 1 aliphatic carbocycles. The van der Waals surface area contributed by atoms with E-state index in [2.05, 4.69) is 60.8 Å². The molecule has 17 heteroatoms. The number of sulfonamides is 1. The number of nitro benzene ring substituents is 1. The van der Waals surface area contributed by atoms with Crippen LogP contribution >= 0.6 is 11.6 Å². The summed E-state index contributed by atoms with van der Waals surface area (Å²) in [6.07, 6.45) is 10.3. The molecule has 3 aromatic carbocycles. The van der Waals surface area contributed by atoms with E-state index in [4.69, 9.17) is 21.1 Å². The molecule has 5 heterocycles. The molecular formula is C47H47ClN8O7S. The quantitative estimate of drug-likeness (QED) is 0.0786. The SMILES string of the molecule is CC1(C)CCC(CN2CCN(c3ccc(C(=O)NS(=O)(=O)c4cc5c(c([N+](=O)[O-])c4)N[C@@H](Cc4cccnc4)CO5)c(Oc4cnc5[nH]ccc5c4)c3)CC2)=C(c2ccc(Cl)cc2)C1. The van der Waals surface area contributed by atoms with Crippen molar-refractivity contribution in [1.82, 2.24) is 24.6 Å². The minimum Gasteiger partial charge on any atom is -0.489 e. The van der Waals surface area contributed by atoms with E-state index in [0.29, 0.717) is 30.9 Å². The van der Waals surface area contributed by atoms with Gasteiger partial charge in [0, 0.05) is 85.6 Å². The van der Waals surface area contributed by atoms with Gasteiger partial charge in [-0.05, 0) is 90.3 Å². The number of carbonyl (C=O) groups excluding carboxylic acids is 1. The van der Waals surface area contributed by atoms with Crippen molar-refractivity contribution >= 4 is 61.2 Å². The van der Waals surface area contributed by atoms with Crippen LogP contribution in [0.4, 0.5) is 17.1 Å². The largest absolute Gasteiger partial charge is 0.489 e. The molecule has 1 fully saturated rings. The van der Waals surface area contributed by atoms with E-state index >= 15 is 0 Å². The van der Waals surface area contributed by atoms with Gasteiger partial charge in [-0.3, -0.25) is 24.8 Å². The van der Waals surface area contributed by atoms with Crippen molar-refractivity contribution in [2.24, 2.45) is 5.41 Å². The summed E-state index contributed by atoms with van der Waals surface area (Å²) in [6, 6.07) is 22.2. The Balaban J connectivity index is 0.945. The van der Waals surface area contributed by atoms with Crippen molar-refractivity contribution in [2.45, 2.75) is 50.5 Å². The Morgan fingerprint density at radius 3 is 2.62 bits per heavy atom. The Kier molecular flexibility index (Phi) is 11.8. The molecule has 1 atom stereocenters. The van der Waals surface area contributed by atoms with Crippen LogP contribution in [0.5, 0.6) is 17.2 Å². The molecule has 3 N–H and O–H groups in total. The Labute approximate surface area is 375 Å². The maximum absolute atomic E-state index is 14.0. The van der Waals surface area contributed by atoms with Crippen LogP contribution in [-0.4, -0.2) is 84.5 Å². The number of hydrogen-bond donors (Lipinski definition) is 3. The molecular weight excluding hydrogens is 856 g/mol. The smallest absolute Gasteiger partial charge is 0.297 e. The van der Waals surface area contributed by atoms with Crippen LogP contribution in [0.25, 0.3) is 16.6 Å². The standard InChI is InChI=1S/C47H47ClN8O7S/c1-47(2)13-11-33(40(25-47)31-5-7-34(48)8-6-31)28-54-16-18-55(19-17-54)36-9-10-39(42(22-36)63-37-21-32-12-15-50-45(32)51-27-37)46(57)53-64(60,61)38-23-41(56(58)59)44-43(24-38)62-29-35(52-44)20-30-4-3-14-49-26-30/h3-10,12,14-15,21-24,26-27,35,52H,11,13,16-20,25,28-29H2,1-2H3,(H,50,51)(H,53,57)/t35-/m0/s1. The summed E-state index contributed by atoms with van der Waals surface area (Å²) in [5.74, 6) is -0.566. The third kappa shape index (κ3) is 9.39. The monoisotopic (exact) mass is 902 g/mol. The van der Waals surface area contributed by atoms with Crippen LogP contribution in [0.3, 0.4) is 0 Å². The Morgan fingerprint density at radius 1 is 1.05 bits per heavy atom. The lowest BCUT2D eigenvalue weighted by Crippen LogP contribution is -2.47. The van der Waals surface area contributed by atoms with Gasteiger partial charge in [0.1, 0.15) is 23.8 Å². The Hall–Kier alpha value is -6.49. The Morgan fingerprint density at radius 2 is 1.86 bits per heavy atom. The molecule has 2 aliphatic heterocycles. The normalized spacial score (nSPS) is 17.6. The van der Waals surface area contributed by atoms with E-state index in [1.165, 1.54) is 35.0 Å². The average molecular weight is 903 g/mol. The van der Waals surface area contributed by atoms with Crippen molar-refractivity contribution in [3.8, 4) is 17.2 Å². The molecule has 6 aromatic rings. The lowest BCUT2D eigenvalue weighted by molar-refractivity contribution is -0.384. The van der Waals surface area contributed by atoms with Crippen LogP contribution < -0.4 is 24.4 Å². The van der Waals surface area contributed by atoms with Crippen molar-refractivity contribution in [1.29, 1.82) is 0 Å². The fourth-order valence-electron chi connectivity index (χ4n) is 8.70. The number of halogens is 1. The lowest BCUT2D eigenvalue weighted by atomic mass is 9.72. The van der Waals surface area contributed by atoms with Crippen LogP contribution in [0.1, 0.15) is 54.6 Å². The van der Waals surface area contributed by atoms with Crippen molar-refractivity contribution in [2.75, 3.05) is 49.5 Å². The number of piperazine rings is 1. The number of aromatic amines is 1. The number of allylic oxidation sites excluding steroid dienone is 1. The lowest BCUT2D eigenvalue weighted by Gasteiger charge is -2.39. The third-order valence-electron chi connectivity index (χ3n) is 12.1. The van der Waals surface area contributed by atoms with Gasteiger partial charge in [0.05, 0.1) is 27.6 Å². The molecule has 0 saturated carbocycles. The number of fused-ring (bicyclic) bond motifs is 2. The van der Waals surface area contributed by atoms with Gasteiger partial charge in [-0.15, -0.1) is 0 Å². The zero-order valence-electron chi connectivity index (χ0n) is 35.3. The first kappa shape index (κ1) is 42.8. The summed E-state index contributed by atoms with van der Waals surface area (Å²) in [6.45, 7) is 8.69.